The van der Waals surface area contributed by atoms with E-state index in [0.29, 0.717) is 26.4 Å². The van der Waals surface area contributed by atoms with Crippen molar-refractivity contribution in [3.05, 3.63) is 29.8 Å². The van der Waals surface area contributed by atoms with Gasteiger partial charge in [0.2, 0.25) is 0 Å². The first-order valence-corrected chi connectivity index (χ1v) is 8.12. The predicted octanol–water partition coefficient (Wildman–Crippen LogP) is 1.96. The molecule has 122 valence electrons. The fourth-order valence-electron chi connectivity index (χ4n) is 3.25. The SMILES string of the molecule is CCOc1ccccc1C(O)CN1CCC2(CC1)OCCO2. The highest BCUT2D eigenvalue weighted by Gasteiger charge is 2.40. The molecule has 1 aromatic carbocycles. The van der Waals surface area contributed by atoms with Crippen molar-refractivity contribution >= 4 is 0 Å². The van der Waals surface area contributed by atoms with E-state index in [1.807, 2.05) is 31.2 Å². The second-order valence-corrected chi connectivity index (χ2v) is 5.89. The summed E-state index contributed by atoms with van der Waals surface area (Å²) in [6, 6.07) is 7.71. The maximum absolute atomic E-state index is 10.6. The Labute approximate surface area is 131 Å². The minimum absolute atomic E-state index is 0.356. The van der Waals surface area contributed by atoms with Crippen LogP contribution in [0.2, 0.25) is 0 Å². The summed E-state index contributed by atoms with van der Waals surface area (Å²) >= 11 is 0. The van der Waals surface area contributed by atoms with Gasteiger partial charge in [0, 0.05) is 38.0 Å². The summed E-state index contributed by atoms with van der Waals surface area (Å²) in [7, 11) is 0. The average molecular weight is 307 g/mol. The number of aliphatic hydroxyl groups is 1. The summed E-state index contributed by atoms with van der Waals surface area (Å²) < 4.78 is 17.1. The molecule has 3 rings (SSSR count). The third-order valence-corrected chi connectivity index (χ3v) is 4.44. The fraction of sp³-hybridized carbons (Fsp3) is 0.647. The molecule has 2 fully saturated rings. The van der Waals surface area contributed by atoms with Crippen LogP contribution in [0.15, 0.2) is 24.3 Å². The Hall–Kier alpha value is -1.14. The number of rotatable bonds is 5. The Morgan fingerprint density at radius 3 is 2.59 bits per heavy atom. The quantitative estimate of drug-likeness (QED) is 0.901. The summed E-state index contributed by atoms with van der Waals surface area (Å²) in [5, 5.41) is 10.6. The number of benzene rings is 1. The first-order chi connectivity index (χ1) is 10.7. The van der Waals surface area contributed by atoms with Crippen LogP contribution in [0.1, 0.15) is 31.4 Å². The number of β-amino-alcohol motifs (C(OH)–C–C–N with tert-alkyl or cyclic N) is 1. The second-order valence-electron chi connectivity index (χ2n) is 5.89. The van der Waals surface area contributed by atoms with Gasteiger partial charge in [-0.3, -0.25) is 0 Å². The minimum Gasteiger partial charge on any atom is -0.493 e. The van der Waals surface area contributed by atoms with Crippen molar-refractivity contribution in [3.63, 3.8) is 0 Å². The summed E-state index contributed by atoms with van der Waals surface area (Å²) in [6.45, 7) is 6.33. The lowest BCUT2D eigenvalue weighted by Crippen LogP contribution is -2.46. The lowest BCUT2D eigenvalue weighted by molar-refractivity contribution is -0.186. The van der Waals surface area contributed by atoms with E-state index in [9.17, 15) is 5.11 Å². The molecule has 2 heterocycles. The number of ether oxygens (including phenoxy) is 3. The summed E-state index contributed by atoms with van der Waals surface area (Å²) in [5.74, 6) is 0.415. The maximum Gasteiger partial charge on any atom is 0.170 e. The van der Waals surface area contributed by atoms with Gasteiger partial charge < -0.3 is 24.2 Å². The summed E-state index contributed by atoms with van der Waals surface area (Å²) in [4.78, 5) is 2.27. The zero-order valence-corrected chi connectivity index (χ0v) is 13.2. The average Bonchev–Trinajstić information content (AvgIpc) is 2.99. The Balaban J connectivity index is 1.57. The molecule has 1 spiro atoms. The standard InChI is InChI=1S/C17H25NO4/c1-2-20-16-6-4-3-5-14(16)15(19)13-18-9-7-17(8-10-18)21-11-12-22-17/h3-6,15,19H,2,7-13H2,1H3. The number of nitrogens with zero attached hydrogens (tertiary/aromatic N) is 1. The molecule has 5 nitrogen and oxygen atoms in total. The zero-order chi connectivity index (χ0) is 15.4. The van der Waals surface area contributed by atoms with E-state index in [0.717, 1.165) is 37.2 Å². The highest BCUT2D eigenvalue weighted by molar-refractivity contribution is 5.35. The van der Waals surface area contributed by atoms with Crippen molar-refractivity contribution < 1.29 is 19.3 Å². The maximum atomic E-state index is 10.6. The Kier molecular flexibility index (Phi) is 4.98. The number of piperidine rings is 1. The van der Waals surface area contributed by atoms with Gasteiger partial charge >= 0.3 is 0 Å². The van der Waals surface area contributed by atoms with Crippen LogP contribution in [0.5, 0.6) is 5.75 Å². The van der Waals surface area contributed by atoms with Gasteiger partial charge in [-0.2, -0.15) is 0 Å². The largest absolute Gasteiger partial charge is 0.493 e. The van der Waals surface area contributed by atoms with Crippen molar-refractivity contribution in [1.82, 2.24) is 4.90 Å². The number of hydrogen-bond acceptors (Lipinski definition) is 5. The number of likely N-dealkylation sites (tertiary alicyclic amines) is 1. The molecule has 2 aliphatic heterocycles. The van der Waals surface area contributed by atoms with Crippen molar-refractivity contribution in [2.75, 3.05) is 39.5 Å². The second kappa shape index (κ2) is 6.96. The molecule has 0 bridgehead atoms. The number of hydrogen-bond donors (Lipinski definition) is 1. The molecular formula is C17H25NO4. The molecule has 1 aromatic rings. The highest BCUT2D eigenvalue weighted by Crippen LogP contribution is 2.32. The van der Waals surface area contributed by atoms with Crippen LogP contribution in [-0.4, -0.2) is 55.2 Å². The van der Waals surface area contributed by atoms with E-state index in [1.165, 1.54) is 0 Å². The molecule has 22 heavy (non-hydrogen) atoms. The van der Waals surface area contributed by atoms with Gasteiger partial charge in [0.05, 0.1) is 25.9 Å². The monoisotopic (exact) mass is 307 g/mol. The molecule has 0 aromatic heterocycles. The van der Waals surface area contributed by atoms with Crippen molar-refractivity contribution in [2.24, 2.45) is 0 Å². The van der Waals surface area contributed by atoms with E-state index in [1.54, 1.807) is 0 Å². The predicted molar refractivity (Wildman–Crippen MR) is 82.9 cm³/mol. The van der Waals surface area contributed by atoms with Crippen molar-refractivity contribution in [1.29, 1.82) is 0 Å². The van der Waals surface area contributed by atoms with Gasteiger partial charge in [-0.25, -0.2) is 0 Å². The Bertz CT molecular complexity index is 477. The Morgan fingerprint density at radius 1 is 1.23 bits per heavy atom. The van der Waals surface area contributed by atoms with Crippen LogP contribution in [0.25, 0.3) is 0 Å². The molecule has 1 N–H and O–H groups in total. The molecule has 0 aliphatic carbocycles. The van der Waals surface area contributed by atoms with Crippen LogP contribution >= 0.6 is 0 Å². The molecule has 2 aliphatic rings. The number of aliphatic hydroxyl groups excluding tert-OH is 1. The summed E-state index contributed by atoms with van der Waals surface area (Å²) in [6.07, 6.45) is 1.20. The Morgan fingerprint density at radius 2 is 1.91 bits per heavy atom. The molecular weight excluding hydrogens is 282 g/mol. The highest BCUT2D eigenvalue weighted by atomic mass is 16.7. The van der Waals surface area contributed by atoms with Crippen molar-refractivity contribution in [3.8, 4) is 5.75 Å². The van der Waals surface area contributed by atoms with Gasteiger partial charge in [0.25, 0.3) is 0 Å². The van der Waals surface area contributed by atoms with Crippen LogP contribution < -0.4 is 4.74 Å². The van der Waals surface area contributed by atoms with Gasteiger partial charge in [-0.1, -0.05) is 18.2 Å². The van der Waals surface area contributed by atoms with E-state index >= 15 is 0 Å². The zero-order valence-electron chi connectivity index (χ0n) is 13.2. The van der Waals surface area contributed by atoms with Gasteiger partial charge in [0.15, 0.2) is 5.79 Å². The fourth-order valence-corrected chi connectivity index (χ4v) is 3.25. The molecule has 2 saturated heterocycles. The van der Waals surface area contributed by atoms with E-state index in [2.05, 4.69) is 4.90 Å². The first kappa shape index (κ1) is 15.7. The van der Waals surface area contributed by atoms with E-state index in [-0.39, 0.29) is 5.79 Å². The van der Waals surface area contributed by atoms with Crippen LogP contribution in [0.3, 0.4) is 0 Å². The lowest BCUT2D eigenvalue weighted by Gasteiger charge is -2.38. The summed E-state index contributed by atoms with van der Waals surface area (Å²) in [5.41, 5.74) is 0.859. The van der Waals surface area contributed by atoms with Gasteiger partial charge in [-0.05, 0) is 13.0 Å². The lowest BCUT2D eigenvalue weighted by atomic mass is 10.0. The van der Waals surface area contributed by atoms with E-state index in [4.69, 9.17) is 14.2 Å². The third-order valence-electron chi connectivity index (χ3n) is 4.44. The van der Waals surface area contributed by atoms with E-state index < -0.39 is 6.10 Å². The molecule has 0 radical (unpaired) electrons. The first-order valence-electron chi connectivity index (χ1n) is 8.12. The molecule has 1 unspecified atom stereocenters. The smallest absolute Gasteiger partial charge is 0.170 e. The molecule has 1 atom stereocenters. The minimum atomic E-state index is -0.540. The van der Waals surface area contributed by atoms with Crippen LogP contribution in [0.4, 0.5) is 0 Å². The number of para-hydroxylation sites is 1. The third kappa shape index (κ3) is 3.43. The molecule has 0 amide bonds. The van der Waals surface area contributed by atoms with Crippen LogP contribution in [-0.2, 0) is 9.47 Å². The van der Waals surface area contributed by atoms with Crippen LogP contribution in [0, 0.1) is 0 Å². The molecule has 0 saturated carbocycles. The van der Waals surface area contributed by atoms with Gasteiger partial charge in [0.1, 0.15) is 5.75 Å². The van der Waals surface area contributed by atoms with Crippen molar-refractivity contribution in [2.45, 2.75) is 31.7 Å². The topological polar surface area (TPSA) is 51.2 Å². The van der Waals surface area contributed by atoms with Gasteiger partial charge in [-0.15, -0.1) is 0 Å². The molecule has 5 heteroatoms. The normalized spacial score (nSPS) is 22.8.